The zero-order valence-electron chi connectivity index (χ0n) is 12.9. The predicted molar refractivity (Wildman–Crippen MR) is 82.3 cm³/mol. The maximum atomic E-state index is 12.3. The minimum Gasteiger partial charge on any atom is -0.322 e. The summed E-state index contributed by atoms with van der Waals surface area (Å²) >= 11 is 1.40. The summed E-state index contributed by atoms with van der Waals surface area (Å²) in [6.45, 7) is 8.47. The van der Waals surface area contributed by atoms with Gasteiger partial charge in [0, 0.05) is 13.6 Å². The fourth-order valence-electron chi connectivity index (χ4n) is 1.94. The molecule has 2 aromatic heterocycles. The molecule has 0 spiro atoms. The molecule has 21 heavy (non-hydrogen) atoms. The lowest BCUT2D eigenvalue weighted by molar-refractivity contribution is -0.115. The Hall–Kier alpha value is -1.83. The van der Waals surface area contributed by atoms with E-state index in [2.05, 4.69) is 20.6 Å². The Balaban J connectivity index is 2.06. The van der Waals surface area contributed by atoms with Crippen LogP contribution in [0.2, 0.25) is 0 Å². The van der Waals surface area contributed by atoms with E-state index in [1.165, 1.54) is 11.8 Å². The van der Waals surface area contributed by atoms with Gasteiger partial charge in [0.25, 0.3) is 0 Å². The van der Waals surface area contributed by atoms with E-state index in [1.807, 2.05) is 39.3 Å². The summed E-state index contributed by atoms with van der Waals surface area (Å²) in [5.74, 6) is -0.0650. The number of carbonyl (C=O) groups is 1. The van der Waals surface area contributed by atoms with Crippen LogP contribution in [0.25, 0.3) is 0 Å². The highest BCUT2D eigenvalue weighted by Gasteiger charge is 2.20. The van der Waals surface area contributed by atoms with Gasteiger partial charge in [0.15, 0.2) is 5.16 Å². The van der Waals surface area contributed by atoms with Gasteiger partial charge in [-0.15, -0.1) is 10.2 Å². The molecule has 0 unspecified atom stereocenters. The first kappa shape index (κ1) is 15.6. The molecule has 0 aliphatic heterocycles. The number of rotatable bonds is 5. The first-order valence-corrected chi connectivity index (χ1v) is 7.67. The normalized spacial score (nSPS) is 12.4. The summed E-state index contributed by atoms with van der Waals surface area (Å²) in [5.41, 5.74) is 2.54. The van der Waals surface area contributed by atoms with E-state index in [1.54, 1.807) is 11.0 Å². The number of amides is 1. The molecule has 2 aromatic rings. The molecule has 2 rings (SSSR count). The molecule has 0 aliphatic carbocycles. The summed E-state index contributed by atoms with van der Waals surface area (Å²) in [7, 11) is 1.86. The molecule has 8 heteroatoms. The summed E-state index contributed by atoms with van der Waals surface area (Å²) in [4.78, 5) is 12.3. The molecule has 1 atom stereocenters. The summed E-state index contributed by atoms with van der Waals surface area (Å²) in [5, 5.41) is 15.6. The van der Waals surface area contributed by atoms with Crippen molar-refractivity contribution in [1.82, 2.24) is 24.5 Å². The molecule has 0 saturated carbocycles. The van der Waals surface area contributed by atoms with Crippen LogP contribution in [0.4, 0.5) is 5.69 Å². The first-order valence-electron chi connectivity index (χ1n) is 6.79. The minimum absolute atomic E-state index is 0.0650. The zero-order valence-corrected chi connectivity index (χ0v) is 13.7. The van der Waals surface area contributed by atoms with Gasteiger partial charge in [-0.3, -0.25) is 9.48 Å². The number of carbonyl (C=O) groups excluding carboxylic acids is 1. The number of hydrogen-bond donors (Lipinski definition) is 1. The second kappa shape index (κ2) is 6.30. The lowest BCUT2D eigenvalue weighted by Gasteiger charge is -2.12. The quantitative estimate of drug-likeness (QED) is 0.852. The Morgan fingerprint density at radius 3 is 2.76 bits per heavy atom. The van der Waals surface area contributed by atoms with E-state index in [-0.39, 0.29) is 11.2 Å². The molecule has 0 aliphatic rings. The lowest BCUT2D eigenvalue weighted by Crippen LogP contribution is -2.23. The van der Waals surface area contributed by atoms with Crippen LogP contribution in [0.3, 0.4) is 0 Å². The summed E-state index contributed by atoms with van der Waals surface area (Å²) < 4.78 is 3.67. The lowest BCUT2D eigenvalue weighted by atomic mass is 10.3. The van der Waals surface area contributed by atoms with Crippen LogP contribution in [0.15, 0.2) is 11.5 Å². The number of thioether (sulfide) groups is 1. The number of hydrogen-bond acceptors (Lipinski definition) is 5. The molecule has 7 nitrogen and oxygen atoms in total. The highest BCUT2D eigenvalue weighted by molar-refractivity contribution is 8.00. The van der Waals surface area contributed by atoms with E-state index in [0.29, 0.717) is 0 Å². The average molecular weight is 308 g/mol. The van der Waals surface area contributed by atoms with Gasteiger partial charge >= 0.3 is 0 Å². The van der Waals surface area contributed by atoms with Crippen molar-refractivity contribution < 1.29 is 4.79 Å². The Morgan fingerprint density at radius 2 is 2.19 bits per heavy atom. The van der Waals surface area contributed by atoms with Crippen molar-refractivity contribution in [3.63, 3.8) is 0 Å². The second-order valence-corrected chi connectivity index (χ2v) is 6.13. The number of aryl methyl sites for hydroxylation is 3. The van der Waals surface area contributed by atoms with Crippen molar-refractivity contribution in [2.24, 2.45) is 7.05 Å². The third-order valence-electron chi connectivity index (χ3n) is 3.33. The van der Waals surface area contributed by atoms with E-state index in [9.17, 15) is 4.79 Å². The molecule has 0 fully saturated rings. The molecular formula is C13H20N6OS. The smallest absolute Gasteiger partial charge is 0.237 e. The largest absolute Gasteiger partial charge is 0.322 e. The molecule has 0 bridgehead atoms. The van der Waals surface area contributed by atoms with Crippen molar-refractivity contribution in [3.05, 3.63) is 17.7 Å². The third-order valence-corrected chi connectivity index (χ3v) is 4.42. The van der Waals surface area contributed by atoms with E-state index in [0.717, 1.165) is 28.8 Å². The van der Waals surface area contributed by atoms with Gasteiger partial charge in [0.2, 0.25) is 5.91 Å². The van der Waals surface area contributed by atoms with Crippen LogP contribution in [0, 0.1) is 13.8 Å². The zero-order chi connectivity index (χ0) is 15.6. The number of anilines is 1. The van der Waals surface area contributed by atoms with Crippen LogP contribution in [0.1, 0.15) is 25.2 Å². The molecule has 1 N–H and O–H groups in total. The molecule has 0 radical (unpaired) electrons. The van der Waals surface area contributed by atoms with Gasteiger partial charge in [0.05, 0.1) is 22.3 Å². The van der Waals surface area contributed by atoms with Crippen LogP contribution in [-0.4, -0.2) is 35.7 Å². The van der Waals surface area contributed by atoms with Gasteiger partial charge in [0.1, 0.15) is 6.33 Å². The minimum atomic E-state index is -0.265. The molecule has 0 saturated heterocycles. The van der Waals surface area contributed by atoms with Gasteiger partial charge in [-0.05, 0) is 27.7 Å². The van der Waals surface area contributed by atoms with Crippen LogP contribution in [0.5, 0.6) is 0 Å². The summed E-state index contributed by atoms with van der Waals surface area (Å²) in [6, 6.07) is 0. The van der Waals surface area contributed by atoms with Gasteiger partial charge < -0.3 is 9.88 Å². The average Bonchev–Trinajstić information content (AvgIpc) is 2.98. The van der Waals surface area contributed by atoms with Crippen molar-refractivity contribution in [2.45, 2.75) is 44.6 Å². The van der Waals surface area contributed by atoms with Crippen molar-refractivity contribution in [1.29, 1.82) is 0 Å². The van der Waals surface area contributed by atoms with Crippen LogP contribution < -0.4 is 5.32 Å². The number of nitrogens with one attached hydrogen (secondary N) is 1. The monoisotopic (exact) mass is 308 g/mol. The van der Waals surface area contributed by atoms with Crippen LogP contribution >= 0.6 is 11.8 Å². The molecule has 114 valence electrons. The van der Waals surface area contributed by atoms with Gasteiger partial charge in [-0.1, -0.05) is 11.8 Å². The van der Waals surface area contributed by atoms with Gasteiger partial charge in [-0.2, -0.15) is 5.10 Å². The maximum Gasteiger partial charge on any atom is 0.237 e. The second-order valence-electron chi connectivity index (χ2n) is 4.82. The van der Waals surface area contributed by atoms with E-state index in [4.69, 9.17) is 0 Å². The Labute approximate surface area is 128 Å². The molecule has 1 amide bonds. The fourth-order valence-corrected chi connectivity index (χ4v) is 2.83. The van der Waals surface area contributed by atoms with Crippen molar-refractivity contribution >= 4 is 23.4 Å². The number of nitrogens with zero attached hydrogens (tertiary/aromatic N) is 5. The van der Waals surface area contributed by atoms with E-state index >= 15 is 0 Å². The Kier molecular flexibility index (Phi) is 4.66. The Morgan fingerprint density at radius 1 is 1.48 bits per heavy atom. The SMILES string of the molecule is CCn1cnnc1S[C@H](C)C(=O)Nc1c(C)nn(C)c1C. The standard InChI is InChI=1S/C13H20N6OS/c1-6-19-7-14-16-13(19)21-10(4)12(20)15-11-8(2)17-18(5)9(11)3/h7,10H,6H2,1-5H3,(H,15,20)/t10-/m1/s1. The number of aromatic nitrogens is 5. The topological polar surface area (TPSA) is 77.6 Å². The van der Waals surface area contributed by atoms with Crippen molar-refractivity contribution in [2.75, 3.05) is 5.32 Å². The van der Waals surface area contributed by atoms with Crippen LogP contribution in [-0.2, 0) is 18.4 Å². The maximum absolute atomic E-state index is 12.3. The Bertz CT molecular complexity index is 647. The van der Waals surface area contributed by atoms with Gasteiger partial charge in [-0.25, -0.2) is 0 Å². The predicted octanol–water partition coefficient (Wildman–Crippen LogP) is 1.77. The third kappa shape index (κ3) is 3.26. The highest BCUT2D eigenvalue weighted by Crippen LogP contribution is 2.24. The van der Waals surface area contributed by atoms with Crippen molar-refractivity contribution in [3.8, 4) is 0 Å². The fraction of sp³-hybridized carbons (Fsp3) is 0.538. The molecule has 0 aromatic carbocycles. The van der Waals surface area contributed by atoms with E-state index < -0.39 is 0 Å². The molecule has 2 heterocycles. The first-order chi connectivity index (χ1) is 9.93. The summed E-state index contributed by atoms with van der Waals surface area (Å²) in [6.07, 6.45) is 1.67. The highest BCUT2D eigenvalue weighted by atomic mass is 32.2. The molecular weight excluding hydrogens is 288 g/mol.